The Kier molecular flexibility index (Phi) is 5.55. The Hall–Kier alpha value is -2.34. The van der Waals surface area contributed by atoms with Crippen LogP contribution in [0.25, 0.3) is 0 Å². The fourth-order valence-corrected chi connectivity index (χ4v) is 2.64. The van der Waals surface area contributed by atoms with Crippen molar-refractivity contribution < 1.29 is 9.59 Å². The first-order valence-electron chi connectivity index (χ1n) is 7.03. The molecule has 0 aliphatic rings. The predicted octanol–water partition coefficient (Wildman–Crippen LogP) is 3.76. The highest BCUT2D eigenvalue weighted by Crippen LogP contribution is 2.18. The molecule has 22 heavy (non-hydrogen) atoms. The molecule has 0 saturated carbocycles. The van der Waals surface area contributed by atoms with E-state index in [9.17, 15) is 9.59 Å². The van der Waals surface area contributed by atoms with Gasteiger partial charge in [0.2, 0.25) is 5.91 Å². The van der Waals surface area contributed by atoms with Gasteiger partial charge in [0.15, 0.2) is 0 Å². The van der Waals surface area contributed by atoms with Crippen LogP contribution in [-0.2, 0) is 11.3 Å². The first-order valence-corrected chi connectivity index (χ1v) is 7.98. The Morgan fingerprint density at radius 2 is 1.95 bits per heavy atom. The summed E-state index contributed by atoms with van der Waals surface area (Å²) in [5.74, 6) is 0.0139. The van der Waals surface area contributed by atoms with Crippen LogP contribution in [0.3, 0.4) is 0 Å². The first-order chi connectivity index (χ1) is 10.6. The molecule has 1 aromatic carbocycles. The maximum atomic E-state index is 12.0. The van der Waals surface area contributed by atoms with E-state index in [1.807, 2.05) is 48.0 Å². The zero-order valence-corrected chi connectivity index (χ0v) is 13.4. The average molecular weight is 317 g/mol. The quantitative estimate of drug-likeness (QED) is 0.882. The van der Waals surface area contributed by atoms with Gasteiger partial charge in [0.05, 0.1) is 5.69 Å². The lowest BCUT2D eigenvalue weighted by Crippen LogP contribution is -2.28. The fourth-order valence-electron chi connectivity index (χ4n) is 2.05. The van der Waals surface area contributed by atoms with Crippen LogP contribution in [-0.4, -0.2) is 23.4 Å². The highest BCUT2D eigenvalue weighted by Gasteiger charge is 2.11. The fraction of sp³-hybridized carbons (Fsp3) is 0.250. The van der Waals surface area contributed by atoms with E-state index in [4.69, 9.17) is 0 Å². The summed E-state index contributed by atoms with van der Waals surface area (Å²) in [6.45, 7) is 4.58. The maximum absolute atomic E-state index is 12.0. The van der Waals surface area contributed by atoms with E-state index in [0.717, 1.165) is 11.3 Å². The zero-order chi connectivity index (χ0) is 15.9. The first kappa shape index (κ1) is 16.0. The number of para-hydroxylation sites is 1. The van der Waals surface area contributed by atoms with Gasteiger partial charge in [-0.15, -0.1) is 0 Å². The van der Waals surface area contributed by atoms with Crippen LogP contribution in [0.5, 0.6) is 0 Å². The molecule has 0 aliphatic carbocycles. The molecule has 0 fully saturated rings. The van der Waals surface area contributed by atoms with Crippen molar-refractivity contribution in [1.29, 1.82) is 0 Å². The van der Waals surface area contributed by atoms with E-state index in [1.165, 1.54) is 11.3 Å². The second kappa shape index (κ2) is 7.61. The molecule has 1 heterocycles. The van der Waals surface area contributed by atoms with Crippen molar-refractivity contribution in [2.45, 2.75) is 20.4 Å². The molecule has 0 bridgehead atoms. The number of nitrogens with one attached hydrogen (secondary N) is 2. The molecule has 0 aliphatic heterocycles. The van der Waals surface area contributed by atoms with Crippen molar-refractivity contribution in [2.24, 2.45) is 0 Å². The molecule has 0 spiro atoms. The molecular formula is C16H19N3O2S. The molecule has 6 heteroatoms. The second-order valence-electron chi connectivity index (χ2n) is 4.78. The van der Waals surface area contributed by atoms with E-state index >= 15 is 0 Å². The Morgan fingerprint density at radius 1 is 1.18 bits per heavy atom. The molecule has 0 atom stereocenters. The highest BCUT2D eigenvalue weighted by atomic mass is 32.1. The minimum absolute atomic E-state index is 0.0139. The van der Waals surface area contributed by atoms with Crippen molar-refractivity contribution in [3.63, 3.8) is 0 Å². The van der Waals surface area contributed by atoms with Crippen LogP contribution in [0.2, 0.25) is 0 Å². The van der Waals surface area contributed by atoms with E-state index in [-0.39, 0.29) is 11.9 Å². The number of rotatable bonds is 5. The topological polar surface area (TPSA) is 61.4 Å². The van der Waals surface area contributed by atoms with Gasteiger partial charge in [-0.3, -0.25) is 4.79 Å². The number of thiophene rings is 1. The number of carbonyl (C=O) groups is 2. The van der Waals surface area contributed by atoms with Gasteiger partial charge in [-0.2, -0.15) is 11.3 Å². The highest BCUT2D eigenvalue weighted by molar-refractivity contribution is 7.08. The lowest BCUT2D eigenvalue weighted by molar-refractivity contribution is -0.129. The van der Waals surface area contributed by atoms with Gasteiger partial charge < -0.3 is 15.5 Å². The molecule has 1 aromatic heterocycles. The zero-order valence-electron chi connectivity index (χ0n) is 12.6. The van der Waals surface area contributed by atoms with Crippen molar-refractivity contribution in [3.8, 4) is 0 Å². The molecule has 2 N–H and O–H groups in total. The summed E-state index contributed by atoms with van der Waals surface area (Å²) < 4.78 is 0. The van der Waals surface area contributed by atoms with E-state index in [2.05, 4.69) is 10.6 Å². The molecule has 0 unspecified atom stereocenters. The van der Waals surface area contributed by atoms with Crippen LogP contribution < -0.4 is 10.6 Å². The number of hydrogen-bond donors (Lipinski definition) is 2. The molecule has 2 rings (SSSR count). The van der Waals surface area contributed by atoms with Gasteiger partial charge in [0.1, 0.15) is 0 Å². The monoisotopic (exact) mass is 317 g/mol. The lowest BCUT2D eigenvalue weighted by atomic mass is 10.1. The summed E-state index contributed by atoms with van der Waals surface area (Å²) in [5, 5.41) is 9.36. The summed E-state index contributed by atoms with van der Waals surface area (Å²) in [4.78, 5) is 25.3. The standard InChI is InChI=1S/C16H19N3O2S/c1-3-19(12(2)20)10-13-6-4-5-7-15(13)18-16(21)17-14-8-9-22-11-14/h4-9,11H,3,10H2,1-2H3,(H2,17,18,21). The van der Waals surface area contributed by atoms with Gasteiger partial charge in [0.25, 0.3) is 0 Å². The number of nitrogens with zero attached hydrogens (tertiary/aromatic N) is 1. The molecule has 0 saturated heterocycles. The summed E-state index contributed by atoms with van der Waals surface area (Å²) in [5.41, 5.74) is 2.37. The number of benzene rings is 1. The van der Waals surface area contributed by atoms with Crippen LogP contribution in [0.1, 0.15) is 19.4 Å². The maximum Gasteiger partial charge on any atom is 0.323 e. The number of anilines is 2. The summed E-state index contributed by atoms with van der Waals surface area (Å²) in [7, 11) is 0. The minimum atomic E-state index is -0.295. The van der Waals surface area contributed by atoms with Gasteiger partial charge in [-0.1, -0.05) is 18.2 Å². The Bertz CT molecular complexity index is 641. The molecule has 116 valence electrons. The second-order valence-corrected chi connectivity index (χ2v) is 5.56. The number of carbonyl (C=O) groups excluding carboxylic acids is 2. The Labute approximate surface area is 134 Å². The molecular weight excluding hydrogens is 298 g/mol. The summed E-state index contributed by atoms with van der Waals surface area (Å²) >= 11 is 1.52. The summed E-state index contributed by atoms with van der Waals surface area (Å²) in [6.07, 6.45) is 0. The molecule has 3 amide bonds. The smallest absolute Gasteiger partial charge is 0.323 e. The van der Waals surface area contributed by atoms with E-state index < -0.39 is 0 Å². The Morgan fingerprint density at radius 3 is 2.59 bits per heavy atom. The molecule has 0 radical (unpaired) electrons. The third-order valence-corrected chi connectivity index (χ3v) is 3.92. The number of hydrogen-bond acceptors (Lipinski definition) is 3. The SMILES string of the molecule is CCN(Cc1ccccc1NC(=O)Nc1ccsc1)C(C)=O. The predicted molar refractivity (Wildman–Crippen MR) is 90.2 cm³/mol. The lowest BCUT2D eigenvalue weighted by Gasteiger charge is -2.21. The van der Waals surface area contributed by atoms with Crippen molar-refractivity contribution in [2.75, 3.05) is 17.2 Å². The normalized spacial score (nSPS) is 10.1. The minimum Gasteiger partial charge on any atom is -0.339 e. The molecule has 2 aromatic rings. The number of urea groups is 1. The van der Waals surface area contributed by atoms with E-state index in [1.54, 1.807) is 11.8 Å². The van der Waals surface area contributed by atoms with Crippen molar-refractivity contribution >= 4 is 34.6 Å². The Balaban J connectivity index is 2.07. The largest absolute Gasteiger partial charge is 0.339 e. The third kappa shape index (κ3) is 4.33. The van der Waals surface area contributed by atoms with Crippen LogP contribution in [0.15, 0.2) is 41.1 Å². The summed E-state index contributed by atoms with van der Waals surface area (Å²) in [6, 6.07) is 9.03. The van der Waals surface area contributed by atoms with Gasteiger partial charge in [-0.25, -0.2) is 4.79 Å². The van der Waals surface area contributed by atoms with Crippen molar-refractivity contribution in [1.82, 2.24) is 4.90 Å². The van der Waals surface area contributed by atoms with Crippen LogP contribution in [0.4, 0.5) is 16.2 Å². The van der Waals surface area contributed by atoms with Crippen LogP contribution >= 0.6 is 11.3 Å². The van der Waals surface area contributed by atoms with Gasteiger partial charge >= 0.3 is 6.03 Å². The van der Waals surface area contributed by atoms with Gasteiger partial charge in [0, 0.05) is 31.1 Å². The average Bonchev–Trinajstić information content (AvgIpc) is 2.98. The third-order valence-electron chi connectivity index (χ3n) is 3.23. The van der Waals surface area contributed by atoms with Gasteiger partial charge in [-0.05, 0) is 30.0 Å². The number of amides is 3. The van der Waals surface area contributed by atoms with E-state index in [0.29, 0.717) is 18.8 Å². The van der Waals surface area contributed by atoms with Crippen LogP contribution in [0, 0.1) is 0 Å². The molecule has 5 nitrogen and oxygen atoms in total. The van der Waals surface area contributed by atoms with Crippen molar-refractivity contribution in [3.05, 3.63) is 46.7 Å².